The third-order valence-corrected chi connectivity index (χ3v) is 4.22. The van der Waals surface area contributed by atoms with Gasteiger partial charge in [0.2, 0.25) is 5.91 Å². The molecule has 0 saturated carbocycles. The first-order valence-corrected chi connectivity index (χ1v) is 8.71. The van der Waals surface area contributed by atoms with E-state index >= 15 is 0 Å². The van der Waals surface area contributed by atoms with Crippen molar-refractivity contribution >= 4 is 11.6 Å². The van der Waals surface area contributed by atoms with Gasteiger partial charge in [0.05, 0.1) is 7.11 Å². The van der Waals surface area contributed by atoms with E-state index in [1.165, 1.54) is 11.1 Å². The van der Waals surface area contributed by atoms with E-state index < -0.39 is 0 Å². The summed E-state index contributed by atoms with van der Waals surface area (Å²) in [4.78, 5) is 12.1. The number of benzene rings is 2. The van der Waals surface area contributed by atoms with Crippen molar-refractivity contribution in [3.05, 3.63) is 58.7 Å². The van der Waals surface area contributed by atoms with E-state index in [9.17, 15) is 4.79 Å². The maximum atomic E-state index is 12.1. The van der Waals surface area contributed by atoms with Crippen LogP contribution in [-0.4, -0.2) is 26.1 Å². The van der Waals surface area contributed by atoms with Crippen molar-refractivity contribution < 1.29 is 9.53 Å². The zero-order valence-corrected chi connectivity index (χ0v) is 15.6. The summed E-state index contributed by atoms with van der Waals surface area (Å²) in [5.41, 5.74) is 5.63. The molecule has 2 aromatic rings. The van der Waals surface area contributed by atoms with Crippen LogP contribution in [0.1, 0.15) is 28.7 Å². The number of amides is 1. The molecular weight excluding hydrogens is 312 g/mol. The largest absolute Gasteiger partial charge is 0.497 e. The van der Waals surface area contributed by atoms with Crippen LogP contribution >= 0.6 is 0 Å². The highest BCUT2D eigenvalue weighted by atomic mass is 16.5. The first kappa shape index (κ1) is 19.0. The van der Waals surface area contributed by atoms with Crippen LogP contribution in [0.3, 0.4) is 0 Å². The summed E-state index contributed by atoms with van der Waals surface area (Å²) in [5, 5.41) is 6.36. The fraction of sp³-hybridized carbons (Fsp3) is 0.381. The molecule has 0 radical (unpaired) electrons. The van der Waals surface area contributed by atoms with Gasteiger partial charge in [0.1, 0.15) is 5.75 Å². The van der Waals surface area contributed by atoms with Gasteiger partial charge in [0, 0.05) is 18.7 Å². The lowest BCUT2D eigenvalue weighted by molar-refractivity contribution is -0.116. The molecule has 2 rings (SSSR count). The molecule has 4 nitrogen and oxygen atoms in total. The number of aryl methyl sites for hydroxylation is 3. The van der Waals surface area contributed by atoms with E-state index in [1.54, 1.807) is 7.11 Å². The van der Waals surface area contributed by atoms with Crippen molar-refractivity contribution in [3.63, 3.8) is 0 Å². The van der Waals surface area contributed by atoms with Crippen LogP contribution in [-0.2, 0) is 11.2 Å². The molecule has 2 aromatic carbocycles. The highest BCUT2D eigenvalue weighted by Crippen LogP contribution is 2.21. The SMILES string of the molecule is COc1ccc(CCNCCC(=O)Nc2c(C)cc(C)cc2C)cc1. The maximum Gasteiger partial charge on any atom is 0.225 e. The molecule has 25 heavy (non-hydrogen) atoms. The summed E-state index contributed by atoms with van der Waals surface area (Å²) < 4.78 is 5.15. The van der Waals surface area contributed by atoms with Crippen LogP contribution in [0.25, 0.3) is 0 Å². The van der Waals surface area contributed by atoms with Crippen LogP contribution < -0.4 is 15.4 Å². The molecule has 0 aliphatic rings. The van der Waals surface area contributed by atoms with E-state index in [1.807, 2.05) is 26.0 Å². The van der Waals surface area contributed by atoms with Crippen LogP contribution in [0.15, 0.2) is 36.4 Å². The summed E-state index contributed by atoms with van der Waals surface area (Å²) in [6, 6.07) is 12.3. The van der Waals surface area contributed by atoms with E-state index in [0.717, 1.165) is 35.5 Å². The van der Waals surface area contributed by atoms with Gasteiger partial charge in [-0.15, -0.1) is 0 Å². The number of rotatable bonds is 8. The molecule has 134 valence electrons. The number of hydrogen-bond donors (Lipinski definition) is 2. The average molecular weight is 340 g/mol. The molecule has 4 heteroatoms. The molecule has 0 aromatic heterocycles. The van der Waals surface area contributed by atoms with Gasteiger partial charge >= 0.3 is 0 Å². The van der Waals surface area contributed by atoms with Crippen LogP contribution in [0.4, 0.5) is 5.69 Å². The van der Waals surface area contributed by atoms with Crippen LogP contribution in [0.5, 0.6) is 5.75 Å². The van der Waals surface area contributed by atoms with Gasteiger partial charge in [-0.05, 0) is 62.6 Å². The lowest BCUT2D eigenvalue weighted by atomic mass is 10.1. The van der Waals surface area contributed by atoms with E-state index in [0.29, 0.717) is 13.0 Å². The van der Waals surface area contributed by atoms with E-state index in [-0.39, 0.29) is 5.91 Å². The molecular formula is C21H28N2O2. The number of ether oxygens (including phenoxy) is 1. The quantitative estimate of drug-likeness (QED) is 0.719. The van der Waals surface area contributed by atoms with Gasteiger partial charge in [-0.3, -0.25) is 4.79 Å². The molecule has 0 spiro atoms. The Balaban J connectivity index is 1.70. The van der Waals surface area contributed by atoms with Crippen molar-refractivity contribution in [2.75, 3.05) is 25.5 Å². The standard InChI is InChI=1S/C21H28N2O2/c1-15-13-16(2)21(17(3)14-15)23-20(24)10-12-22-11-9-18-5-7-19(25-4)8-6-18/h5-8,13-14,22H,9-12H2,1-4H3,(H,23,24). The van der Waals surface area contributed by atoms with E-state index in [2.05, 4.69) is 41.8 Å². The summed E-state index contributed by atoms with van der Waals surface area (Å²) in [5.74, 6) is 0.919. The van der Waals surface area contributed by atoms with Crippen molar-refractivity contribution in [3.8, 4) is 5.75 Å². The summed E-state index contributed by atoms with van der Waals surface area (Å²) in [6.45, 7) is 7.65. The Labute approximate surface area is 150 Å². The van der Waals surface area contributed by atoms with Gasteiger partial charge in [-0.1, -0.05) is 29.8 Å². The minimum Gasteiger partial charge on any atom is -0.497 e. The monoisotopic (exact) mass is 340 g/mol. The Morgan fingerprint density at radius 2 is 1.64 bits per heavy atom. The molecule has 1 amide bonds. The second-order valence-electron chi connectivity index (χ2n) is 6.42. The number of hydrogen-bond acceptors (Lipinski definition) is 3. The van der Waals surface area contributed by atoms with Crippen molar-refractivity contribution in [1.82, 2.24) is 5.32 Å². The fourth-order valence-corrected chi connectivity index (χ4v) is 2.93. The molecule has 2 N–H and O–H groups in total. The molecule has 0 fully saturated rings. The molecule has 0 atom stereocenters. The van der Waals surface area contributed by atoms with Crippen LogP contribution in [0, 0.1) is 20.8 Å². The zero-order valence-electron chi connectivity index (χ0n) is 15.6. The van der Waals surface area contributed by atoms with Crippen molar-refractivity contribution in [1.29, 1.82) is 0 Å². The van der Waals surface area contributed by atoms with Gasteiger partial charge in [0.25, 0.3) is 0 Å². The Hall–Kier alpha value is -2.33. The van der Waals surface area contributed by atoms with Gasteiger partial charge in [-0.25, -0.2) is 0 Å². The van der Waals surface area contributed by atoms with Crippen molar-refractivity contribution in [2.45, 2.75) is 33.6 Å². The fourth-order valence-electron chi connectivity index (χ4n) is 2.93. The Bertz CT molecular complexity index is 685. The first-order valence-electron chi connectivity index (χ1n) is 8.71. The zero-order chi connectivity index (χ0) is 18.2. The Morgan fingerprint density at radius 3 is 2.24 bits per heavy atom. The Kier molecular flexibility index (Phi) is 7.02. The Morgan fingerprint density at radius 1 is 1.00 bits per heavy atom. The van der Waals surface area contributed by atoms with Gasteiger partial charge in [-0.2, -0.15) is 0 Å². The number of anilines is 1. The lowest BCUT2D eigenvalue weighted by Gasteiger charge is -2.13. The summed E-state index contributed by atoms with van der Waals surface area (Å²) in [7, 11) is 1.67. The van der Waals surface area contributed by atoms with E-state index in [4.69, 9.17) is 4.74 Å². The third-order valence-electron chi connectivity index (χ3n) is 4.22. The number of nitrogens with one attached hydrogen (secondary N) is 2. The smallest absolute Gasteiger partial charge is 0.225 e. The molecule has 0 saturated heterocycles. The molecule has 0 heterocycles. The third kappa shape index (κ3) is 5.91. The van der Waals surface area contributed by atoms with Gasteiger partial charge in [0.15, 0.2) is 0 Å². The van der Waals surface area contributed by atoms with Crippen molar-refractivity contribution in [2.24, 2.45) is 0 Å². The first-order chi connectivity index (χ1) is 12.0. The normalized spacial score (nSPS) is 10.6. The second kappa shape index (κ2) is 9.23. The highest BCUT2D eigenvalue weighted by molar-refractivity contribution is 5.92. The molecule has 0 unspecified atom stereocenters. The molecule has 0 bridgehead atoms. The predicted molar refractivity (Wildman–Crippen MR) is 103 cm³/mol. The second-order valence-corrected chi connectivity index (χ2v) is 6.42. The minimum atomic E-state index is 0.0481. The summed E-state index contributed by atoms with van der Waals surface area (Å²) in [6.07, 6.45) is 1.40. The molecule has 0 aliphatic heterocycles. The van der Waals surface area contributed by atoms with Crippen LogP contribution in [0.2, 0.25) is 0 Å². The minimum absolute atomic E-state index is 0.0481. The topological polar surface area (TPSA) is 50.4 Å². The average Bonchev–Trinajstić information content (AvgIpc) is 2.58. The lowest BCUT2D eigenvalue weighted by Crippen LogP contribution is -2.24. The number of methoxy groups -OCH3 is 1. The maximum absolute atomic E-state index is 12.1. The summed E-state index contributed by atoms with van der Waals surface area (Å²) >= 11 is 0. The predicted octanol–water partition coefficient (Wildman–Crippen LogP) is 3.78. The number of carbonyl (C=O) groups excluding carboxylic acids is 1. The highest BCUT2D eigenvalue weighted by Gasteiger charge is 2.08. The molecule has 0 aliphatic carbocycles. The number of carbonyl (C=O) groups is 1. The van der Waals surface area contributed by atoms with Gasteiger partial charge < -0.3 is 15.4 Å².